The monoisotopic (exact) mass is 469 g/mol. The van der Waals surface area contributed by atoms with E-state index in [2.05, 4.69) is 24.9 Å². The molecule has 2 aromatic heterocycles. The zero-order valence-corrected chi connectivity index (χ0v) is 19.7. The maximum atomic E-state index is 12.8. The number of nitrogens with zero attached hydrogens (tertiary/aromatic N) is 7. The van der Waals surface area contributed by atoms with Crippen LogP contribution in [-0.2, 0) is 0 Å². The third-order valence-electron chi connectivity index (χ3n) is 6.83. The second kappa shape index (κ2) is 8.90. The lowest BCUT2D eigenvalue weighted by molar-refractivity contribution is 0.0652. The molecule has 9 heteroatoms. The zero-order valence-electron chi connectivity index (χ0n) is 19.7. The molecule has 0 unspecified atom stereocenters. The highest BCUT2D eigenvalue weighted by atomic mass is 16.5. The molecule has 2 saturated heterocycles. The first kappa shape index (κ1) is 21.4. The normalized spacial score (nSPS) is 15.9. The topological polar surface area (TPSA) is 79.6 Å². The minimum Gasteiger partial charge on any atom is -0.495 e. The molecule has 9 nitrogen and oxygen atoms in total. The van der Waals surface area contributed by atoms with Crippen molar-refractivity contribution in [3.05, 3.63) is 66.6 Å². The van der Waals surface area contributed by atoms with Gasteiger partial charge >= 0.3 is 0 Å². The molecule has 2 fully saturated rings. The van der Waals surface area contributed by atoms with Gasteiger partial charge in [0.25, 0.3) is 5.91 Å². The standard InChI is InChI=1S/C26H27N7O2/c1-35-23-9-8-19(26(34)32-10-5-11-32)16-22(23)30-12-14-31(15-13-30)24-21-17-29-33(25(21)28-18-27-24)20-6-3-2-4-7-20/h2-4,6-9,16-18H,5,10-15H2,1H3. The van der Waals surface area contributed by atoms with Crippen molar-refractivity contribution in [2.24, 2.45) is 0 Å². The van der Waals surface area contributed by atoms with Gasteiger partial charge in [-0.1, -0.05) is 18.2 Å². The summed E-state index contributed by atoms with van der Waals surface area (Å²) in [5.41, 5.74) is 3.44. The predicted molar refractivity (Wildman–Crippen MR) is 135 cm³/mol. The number of benzene rings is 2. The second-order valence-corrected chi connectivity index (χ2v) is 8.83. The fourth-order valence-corrected chi connectivity index (χ4v) is 4.77. The molecule has 0 spiro atoms. The fraction of sp³-hybridized carbons (Fsp3) is 0.308. The Kier molecular flexibility index (Phi) is 5.44. The molecular weight excluding hydrogens is 442 g/mol. The van der Waals surface area contributed by atoms with E-state index >= 15 is 0 Å². The van der Waals surface area contributed by atoms with E-state index in [1.807, 2.05) is 64.3 Å². The molecule has 0 N–H and O–H groups in total. The Hall–Kier alpha value is -4.14. The maximum absolute atomic E-state index is 12.8. The molecule has 0 radical (unpaired) electrons. The summed E-state index contributed by atoms with van der Waals surface area (Å²) in [6, 6.07) is 15.7. The van der Waals surface area contributed by atoms with Crippen molar-refractivity contribution >= 4 is 28.4 Å². The third-order valence-corrected chi connectivity index (χ3v) is 6.83. The van der Waals surface area contributed by atoms with Gasteiger partial charge in [0.05, 0.1) is 30.1 Å². The highest BCUT2D eigenvalue weighted by molar-refractivity contribution is 5.96. The molecule has 6 rings (SSSR count). The second-order valence-electron chi connectivity index (χ2n) is 8.83. The summed E-state index contributed by atoms with van der Waals surface area (Å²) in [5.74, 6) is 1.77. The number of aromatic nitrogens is 4. The van der Waals surface area contributed by atoms with Gasteiger partial charge < -0.3 is 19.4 Å². The summed E-state index contributed by atoms with van der Waals surface area (Å²) in [5, 5.41) is 5.52. The number of likely N-dealkylation sites (tertiary alicyclic amines) is 1. The van der Waals surface area contributed by atoms with Crippen molar-refractivity contribution in [1.82, 2.24) is 24.6 Å². The van der Waals surface area contributed by atoms with E-state index in [1.165, 1.54) is 0 Å². The highest BCUT2D eigenvalue weighted by Crippen LogP contribution is 2.32. The summed E-state index contributed by atoms with van der Waals surface area (Å²) in [6.07, 6.45) is 4.54. The van der Waals surface area contributed by atoms with Gasteiger partial charge in [0, 0.05) is 44.8 Å². The third kappa shape index (κ3) is 3.82. The number of anilines is 2. The molecule has 0 atom stereocenters. The first-order valence-corrected chi connectivity index (χ1v) is 11.9. The molecule has 0 aliphatic carbocycles. The molecule has 178 valence electrons. The van der Waals surface area contributed by atoms with Crippen LogP contribution in [0.3, 0.4) is 0 Å². The summed E-state index contributed by atoms with van der Waals surface area (Å²) in [4.78, 5) is 28.3. The molecule has 0 saturated carbocycles. The number of ether oxygens (including phenoxy) is 1. The zero-order chi connectivity index (χ0) is 23.8. The van der Waals surface area contributed by atoms with Crippen molar-refractivity contribution in [3.8, 4) is 11.4 Å². The number of hydrogen-bond donors (Lipinski definition) is 0. The van der Waals surface area contributed by atoms with Crippen molar-refractivity contribution in [3.63, 3.8) is 0 Å². The Balaban J connectivity index is 1.23. The van der Waals surface area contributed by atoms with Crippen molar-refractivity contribution in [1.29, 1.82) is 0 Å². The Morgan fingerprint density at radius 1 is 0.914 bits per heavy atom. The van der Waals surface area contributed by atoms with Gasteiger partial charge in [0.15, 0.2) is 5.65 Å². The van der Waals surface area contributed by atoms with Crippen LogP contribution in [0, 0.1) is 0 Å². The van der Waals surface area contributed by atoms with E-state index in [9.17, 15) is 4.79 Å². The van der Waals surface area contributed by atoms with Crippen LogP contribution in [0.25, 0.3) is 16.7 Å². The van der Waals surface area contributed by atoms with Gasteiger partial charge in [0.1, 0.15) is 17.9 Å². The lowest BCUT2D eigenvalue weighted by Gasteiger charge is -2.37. The minimum absolute atomic E-state index is 0.0950. The smallest absolute Gasteiger partial charge is 0.253 e. The number of rotatable bonds is 5. The van der Waals surface area contributed by atoms with Gasteiger partial charge in [-0.05, 0) is 36.8 Å². The molecular formula is C26H27N7O2. The Morgan fingerprint density at radius 2 is 1.69 bits per heavy atom. The number of amides is 1. The van der Waals surface area contributed by atoms with Gasteiger partial charge in [-0.3, -0.25) is 4.79 Å². The van der Waals surface area contributed by atoms with Crippen molar-refractivity contribution in [2.75, 3.05) is 56.2 Å². The number of carbonyl (C=O) groups is 1. The van der Waals surface area contributed by atoms with Crippen LogP contribution in [0.4, 0.5) is 11.5 Å². The fourth-order valence-electron chi connectivity index (χ4n) is 4.77. The first-order chi connectivity index (χ1) is 17.2. The number of fused-ring (bicyclic) bond motifs is 1. The van der Waals surface area contributed by atoms with E-state index in [1.54, 1.807) is 13.4 Å². The Labute approximate surface area is 203 Å². The van der Waals surface area contributed by atoms with Gasteiger partial charge in [0.2, 0.25) is 0 Å². The van der Waals surface area contributed by atoms with Crippen LogP contribution < -0.4 is 14.5 Å². The number of para-hydroxylation sites is 1. The van der Waals surface area contributed by atoms with Crippen LogP contribution in [0.15, 0.2) is 61.1 Å². The predicted octanol–water partition coefficient (Wildman–Crippen LogP) is 3.00. The average Bonchev–Trinajstić information content (AvgIpc) is 3.32. The van der Waals surface area contributed by atoms with Crippen molar-refractivity contribution < 1.29 is 9.53 Å². The first-order valence-electron chi connectivity index (χ1n) is 11.9. The summed E-state index contributed by atoms with van der Waals surface area (Å²) >= 11 is 0. The van der Waals surface area contributed by atoms with Crippen LogP contribution in [0.2, 0.25) is 0 Å². The van der Waals surface area contributed by atoms with Crippen LogP contribution >= 0.6 is 0 Å². The maximum Gasteiger partial charge on any atom is 0.253 e. The van der Waals surface area contributed by atoms with Crippen LogP contribution in [0.1, 0.15) is 16.8 Å². The lowest BCUT2D eigenvalue weighted by Crippen LogP contribution is -2.47. The number of piperazine rings is 1. The van der Waals surface area contributed by atoms with Crippen molar-refractivity contribution in [2.45, 2.75) is 6.42 Å². The quantitative estimate of drug-likeness (QED) is 0.445. The summed E-state index contributed by atoms with van der Waals surface area (Å²) < 4.78 is 7.49. The summed E-state index contributed by atoms with van der Waals surface area (Å²) in [7, 11) is 1.67. The van der Waals surface area contributed by atoms with Gasteiger partial charge in [-0.25, -0.2) is 14.6 Å². The molecule has 35 heavy (non-hydrogen) atoms. The molecule has 1 amide bonds. The largest absolute Gasteiger partial charge is 0.495 e. The lowest BCUT2D eigenvalue weighted by atomic mass is 10.1. The van der Waals surface area contributed by atoms with E-state index in [0.717, 1.165) is 79.7 Å². The number of methoxy groups -OCH3 is 1. The van der Waals surface area contributed by atoms with E-state index in [0.29, 0.717) is 5.56 Å². The summed E-state index contributed by atoms with van der Waals surface area (Å²) in [6.45, 7) is 4.83. The molecule has 2 aliphatic rings. The SMILES string of the molecule is COc1ccc(C(=O)N2CCC2)cc1N1CCN(c2ncnc3c2cnn3-c2ccccc2)CC1. The van der Waals surface area contributed by atoms with E-state index < -0.39 is 0 Å². The molecule has 2 aromatic carbocycles. The van der Waals surface area contributed by atoms with Crippen LogP contribution in [0.5, 0.6) is 5.75 Å². The molecule has 4 aromatic rings. The highest BCUT2D eigenvalue weighted by Gasteiger charge is 2.26. The number of carbonyl (C=O) groups excluding carboxylic acids is 1. The molecule has 2 aliphatic heterocycles. The average molecular weight is 470 g/mol. The van der Waals surface area contributed by atoms with Crippen LogP contribution in [-0.4, -0.2) is 76.9 Å². The minimum atomic E-state index is 0.0950. The molecule has 4 heterocycles. The Bertz CT molecular complexity index is 1360. The molecule has 0 bridgehead atoms. The number of hydrogen-bond acceptors (Lipinski definition) is 7. The van der Waals surface area contributed by atoms with Gasteiger partial charge in [-0.2, -0.15) is 5.10 Å². The van der Waals surface area contributed by atoms with Gasteiger partial charge in [-0.15, -0.1) is 0 Å². The Morgan fingerprint density at radius 3 is 2.40 bits per heavy atom. The van der Waals surface area contributed by atoms with E-state index in [4.69, 9.17) is 4.74 Å². The van der Waals surface area contributed by atoms with E-state index in [-0.39, 0.29) is 5.91 Å².